The van der Waals surface area contributed by atoms with Gasteiger partial charge in [-0.2, -0.15) is 4.31 Å². The molecule has 1 aromatic heterocycles. The summed E-state index contributed by atoms with van der Waals surface area (Å²) in [7, 11) is -4.00. The van der Waals surface area contributed by atoms with Gasteiger partial charge in [0.05, 0.1) is 0 Å². The minimum Gasteiger partial charge on any atom is -0.355 e. The lowest BCUT2D eigenvalue weighted by molar-refractivity contribution is -0.120. The Labute approximate surface area is 212 Å². The molecule has 1 fully saturated rings. The highest BCUT2D eigenvalue weighted by Gasteiger charge is 2.36. The first-order chi connectivity index (χ1) is 17.1. The summed E-state index contributed by atoms with van der Waals surface area (Å²) in [6.45, 7) is 3.63. The summed E-state index contributed by atoms with van der Waals surface area (Å²) < 4.78 is 60.4. The molecule has 0 atom stereocenters. The third-order valence-electron chi connectivity index (χ3n) is 6.09. The largest absolute Gasteiger partial charge is 0.355 e. The standard InChI is InChI=1S/C25H24ClF2N3O4S/c1-15-3-6-19(26)13-22(15)29-25(32)18-9-11-31(12-10-18)36(33,34)24-16(2)30-35-23(24)8-5-17-4-7-20(27)14-21(17)28/h3-8,13-14,18H,9-12H2,1-2H3,(H,29,32). The lowest BCUT2D eigenvalue weighted by atomic mass is 9.97. The minimum absolute atomic E-state index is 0.0625. The number of anilines is 1. The normalized spacial score (nSPS) is 15.5. The number of rotatable bonds is 6. The van der Waals surface area contributed by atoms with Crippen LogP contribution in [0.15, 0.2) is 45.8 Å². The number of hydrogen-bond donors (Lipinski definition) is 1. The van der Waals surface area contributed by atoms with Crippen molar-refractivity contribution in [2.24, 2.45) is 5.92 Å². The predicted molar refractivity (Wildman–Crippen MR) is 133 cm³/mol. The summed E-state index contributed by atoms with van der Waals surface area (Å²) in [4.78, 5) is 12.7. The van der Waals surface area contributed by atoms with Crippen LogP contribution in [0.3, 0.4) is 0 Å². The number of halogens is 3. The van der Waals surface area contributed by atoms with Gasteiger partial charge in [0.25, 0.3) is 0 Å². The molecule has 190 valence electrons. The van der Waals surface area contributed by atoms with Crippen LogP contribution in [-0.2, 0) is 14.8 Å². The van der Waals surface area contributed by atoms with Gasteiger partial charge in [-0.05, 0) is 68.7 Å². The highest BCUT2D eigenvalue weighted by atomic mass is 35.5. The number of carbonyl (C=O) groups is 1. The van der Waals surface area contributed by atoms with Gasteiger partial charge in [0.15, 0.2) is 10.7 Å². The van der Waals surface area contributed by atoms with Gasteiger partial charge >= 0.3 is 0 Å². The van der Waals surface area contributed by atoms with Crippen molar-refractivity contribution in [3.8, 4) is 0 Å². The summed E-state index contributed by atoms with van der Waals surface area (Å²) in [6, 6.07) is 8.29. The number of nitrogens with one attached hydrogen (secondary N) is 1. The summed E-state index contributed by atoms with van der Waals surface area (Å²) in [5, 5.41) is 7.16. The van der Waals surface area contributed by atoms with Crippen LogP contribution in [0.5, 0.6) is 0 Å². The molecule has 2 heterocycles. The molecule has 0 radical (unpaired) electrons. The Balaban J connectivity index is 1.47. The summed E-state index contributed by atoms with van der Waals surface area (Å²) >= 11 is 6.03. The van der Waals surface area contributed by atoms with E-state index in [1.54, 1.807) is 12.1 Å². The maximum Gasteiger partial charge on any atom is 0.248 e. The van der Waals surface area contributed by atoms with E-state index in [4.69, 9.17) is 16.1 Å². The SMILES string of the molecule is Cc1ccc(Cl)cc1NC(=O)C1CCN(S(=O)(=O)c2c(C)noc2C=Cc2ccc(F)cc2F)CC1. The molecule has 1 aliphatic heterocycles. The van der Waals surface area contributed by atoms with Crippen molar-refractivity contribution in [2.45, 2.75) is 31.6 Å². The van der Waals surface area contributed by atoms with E-state index < -0.39 is 21.7 Å². The zero-order valence-electron chi connectivity index (χ0n) is 19.6. The second kappa shape index (κ2) is 10.5. The van der Waals surface area contributed by atoms with E-state index in [-0.39, 0.29) is 46.8 Å². The fraction of sp³-hybridized carbons (Fsp3) is 0.280. The topological polar surface area (TPSA) is 92.5 Å². The molecule has 2 aromatic carbocycles. The second-order valence-electron chi connectivity index (χ2n) is 8.59. The fourth-order valence-corrected chi connectivity index (χ4v) is 5.94. The lowest BCUT2D eigenvalue weighted by Gasteiger charge is -2.30. The predicted octanol–water partition coefficient (Wildman–Crippen LogP) is 5.43. The van der Waals surface area contributed by atoms with Gasteiger partial charge in [-0.15, -0.1) is 0 Å². The van der Waals surface area contributed by atoms with Crippen LogP contribution < -0.4 is 5.32 Å². The number of nitrogens with zero attached hydrogens (tertiary/aromatic N) is 2. The van der Waals surface area contributed by atoms with Gasteiger partial charge in [-0.1, -0.05) is 22.8 Å². The van der Waals surface area contributed by atoms with E-state index in [1.807, 2.05) is 13.0 Å². The van der Waals surface area contributed by atoms with Crippen molar-refractivity contribution in [3.63, 3.8) is 0 Å². The Bertz CT molecular complexity index is 1430. The third-order valence-corrected chi connectivity index (χ3v) is 8.38. The Morgan fingerprint density at radius 3 is 2.56 bits per heavy atom. The molecular formula is C25H24ClF2N3O4S. The number of carbonyl (C=O) groups excluding carboxylic acids is 1. The molecule has 1 amide bonds. The van der Waals surface area contributed by atoms with E-state index in [9.17, 15) is 22.0 Å². The zero-order valence-corrected chi connectivity index (χ0v) is 21.2. The molecule has 0 bridgehead atoms. The lowest BCUT2D eigenvalue weighted by Crippen LogP contribution is -2.41. The molecule has 7 nitrogen and oxygen atoms in total. The summed E-state index contributed by atoms with van der Waals surface area (Å²) in [6.07, 6.45) is 3.25. The Morgan fingerprint density at radius 2 is 1.86 bits per heavy atom. The quantitative estimate of drug-likeness (QED) is 0.454. The fourth-order valence-electron chi connectivity index (χ4n) is 4.05. The van der Waals surface area contributed by atoms with Gasteiger partial charge < -0.3 is 9.84 Å². The zero-order chi connectivity index (χ0) is 26.0. The third kappa shape index (κ3) is 5.50. The summed E-state index contributed by atoms with van der Waals surface area (Å²) in [5.74, 6) is -2.13. The Hall–Kier alpha value is -3.08. The van der Waals surface area contributed by atoms with Crippen molar-refractivity contribution in [1.29, 1.82) is 0 Å². The molecule has 11 heteroatoms. The molecule has 1 aliphatic rings. The molecule has 0 aliphatic carbocycles. The number of benzene rings is 2. The van der Waals surface area contributed by atoms with Crippen molar-refractivity contribution in [1.82, 2.24) is 9.46 Å². The number of hydrogen-bond acceptors (Lipinski definition) is 5. The average molecular weight is 536 g/mol. The molecule has 3 aromatic rings. The summed E-state index contributed by atoms with van der Waals surface area (Å²) in [5.41, 5.74) is 1.72. The molecular weight excluding hydrogens is 512 g/mol. The molecule has 0 unspecified atom stereocenters. The van der Waals surface area contributed by atoms with Crippen LogP contribution in [0, 0.1) is 31.4 Å². The maximum absolute atomic E-state index is 14.0. The molecule has 0 spiro atoms. The monoisotopic (exact) mass is 535 g/mol. The smallest absolute Gasteiger partial charge is 0.248 e. The van der Waals surface area contributed by atoms with Crippen LogP contribution >= 0.6 is 11.6 Å². The van der Waals surface area contributed by atoms with Crippen molar-refractivity contribution in [2.75, 3.05) is 18.4 Å². The van der Waals surface area contributed by atoms with Gasteiger partial charge in [0, 0.05) is 41.3 Å². The van der Waals surface area contributed by atoms with Crippen LogP contribution in [0.25, 0.3) is 12.2 Å². The van der Waals surface area contributed by atoms with E-state index in [0.29, 0.717) is 23.6 Å². The van der Waals surface area contributed by atoms with E-state index in [1.165, 1.54) is 29.4 Å². The van der Waals surface area contributed by atoms with E-state index >= 15 is 0 Å². The Morgan fingerprint density at radius 1 is 1.14 bits per heavy atom. The number of sulfonamides is 1. The van der Waals surface area contributed by atoms with Crippen LogP contribution in [0.2, 0.25) is 5.02 Å². The van der Waals surface area contributed by atoms with Crippen molar-refractivity contribution >= 4 is 45.4 Å². The second-order valence-corrected chi connectivity index (χ2v) is 10.9. The number of amides is 1. The molecule has 36 heavy (non-hydrogen) atoms. The Kier molecular flexibility index (Phi) is 7.58. The number of aromatic nitrogens is 1. The maximum atomic E-state index is 14.0. The first-order valence-corrected chi connectivity index (χ1v) is 13.0. The van der Waals surface area contributed by atoms with Crippen molar-refractivity contribution < 1.29 is 26.5 Å². The van der Waals surface area contributed by atoms with Gasteiger partial charge in [0.2, 0.25) is 15.9 Å². The highest BCUT2D eigenvalue weighted by molar-refractivity contribution is 7.89. The number of aryl methyl sites for hydroxylation is 2. The minimum atomic E-state index is -4.00. The van der Waals surface area contributed by atoms with Crippen LogP contribution in [0.1, 0.15) is 35.4 Å². The average Bonchev–Trinajstić information content (AvgIpc) is 3.22. The molecule has 1 saturated heterocycles. The molecule has 4 rings (SSSR count). The van der Waals surface area contributed by atoms with Crippen molar-refractivity contribution in [3.05, 3.63) is 75.6 Å². The number of piperidine rings is 1. The van der Waals surface area contributed by atoms with Gasteiger partial charge in [0.1, 0.15) is 17.3 Å². The first kappa shape index (κ1) is 26.0. The molecule has 1 N–H and O–H groups in total. The van der Waals surface area contributed by atoms with Gasteiger partial charge in [-0.25, -0.2) is 17.2 Å². The van der Waals surface area contributed by atoms with E-state index in [2.05, 4.69) is 10.5 Å². The van der Waals surface area contributed by atoms with Gasteiger partial charge in [-0.3, -0.25) is 4.79 Å². The van der Waals surface area contributed by atoms with E-state index in [0.717, 1.165) is 17.7 Å². The van der Waals surface area contributed by atoms with Crippen LogP contribution in [-0.4, -0.2) is 36.9 Å². The highest BCUT2D eigenvalue weighted by Crippen LogP contribution is 2.30. The first-order valence-electron chi connectivity index (χ1n) is 11.2. The molecule has 0 saturated carbocycles. The van der Waals surface area contributed by atoms with Crippen LogP contribution in [0.4, 0.5) is 14.5 Å².